The number of nitrogens with one attached hydrogen (secondary N) is 5. The van der Waals surface area contributed by atoms with Crippen LogP contribution in [0.15, 0.2) is 30.6 Å². The highest BCUT2D eigenvalue weighted by atomic mass is 16.5. The third kappa shape index (κ3) is 4.12. The highest BCUT2D eigenvalue weighted by Gasteiger charge is 2.10. The molecule has 0 radical (unpaired) electrons. The molecule has 0 saturated heterocycles. The van der Waals surface area contributed by atoms with Crippen molar-refractivity contribution in [3.8, 4) is 0 Å². The van der Waals surface area contributed by atoms with Crippen LogP contribution in [-0.4, -0.2) is 44.3 Å². The van der Waals surface area contributed by atoms with Gasteiger partial charge in [-0.05, 0) is 19.1 Å². The number of amides is 2. The van der Waals surface area contributed by atoms with Gasteiger partial charge in [0.05, 0.1) is 6.33 Å². The summed E-state index contributed by atoms with van der Waals surface area (Å²) in [5, 5.41) is 17.1. The van der Waals surface area contributed by atoms with Crippen molar-refractivity contribution < 1.29 is 10.0 Å². The summed E-state index contributed by atoms with van der Waals surface area (Å²) < 4.78 is 0. The van der Waals surface area contributed by atoms with Crippen LogP contribution in [-0.2, 0) is 0 Å². The fourth-order valence-electron chi connectivity index (χ4n) is 2.18. The number of benzene rings is 1. The van der Waals surface area contributed by atoms with E-state index in [9.17, 15) is 4.79 Å². The van der Waals surface area contributed by atoms with Crippen molar-refractivity contribution >= 4 is 34.6 Å². The van der Waals surface area contributed by atoms with E-state index in [1.165, 1.54) is 11.8 Å². The Hall–Kier alpha value is -3.40. The fourth-order valence-corrected chi connectivity index (χ4v) is 2.18. The number of carbonyl (C=O) groups is 1. The van der Waals surface area contributed by atoms with E-state index in [4.69, 9.17) is 5.21 Å². The van der Waals surface area contributed by atoms with E-state index in [1.54, 1.807) is 0 Å². The number of H-pyrrole nitrogens is 1. The first-order valence-corrected chi connectivity index (χ1v) is 7.62. The zero-order valence-electron chi connectivity index (χ0n) is 13.5. The Morgan fingerprint density at radius 3 is 2.76 bits per heavy atom. The first-order valence-electron chi connectivity index (χ1n) is 7.62. The van der Waals surface area contributed by atoms with Crippen molar-refractivity contribution in [3.63, 3.8) is 0 Å². The van der Waals surface area contributed by atoms with Crippen LogP contribution in [0.2, 0.25) is 0 Å². The molecule has 0 spiro atoms. The summed E-state index contributed by atoms with van der Waals surface area (Å²) in [7, 11) is 0. The lowest BCUT2D eigenvalue weighted by molar-refractivity contribution is 0.162. The Labute approximate surface area is 143 Å². The first kappa shape index (κ1) is 16.5. The van der Waals surface area contributed by atoms with Gasteiger partial charge in [-0.3, -0.25) is 5.21 Å². The van der Waals surface area contributed by atoms with E-state index in [0.29, 0.717) is 36.0 Å². The summed E-state index contributed by atoms with van der Waals surface area (Å²) >= 11 is 0. The van der Waals surface area contributed by atoms with Crippen molar-refractivity contribution in [2.24, 2.45) is 0 Å². The Morgan fingerprint density at radius 1 is 1.20 bits per heavy atom. The highest BCUT2D eigenvalue weighted by Crippen LogP contribution is 2.21. The van der Waals surface area contributed by atoms with Crippen molar-refractivity contribution in [3.05, 3.63) is 36.2 Å². The zero-order chi connectivity index (χ0) is 17.6. The monoisotopic (exact) mass is 342 g/mol. The average molecular weight is 342 g/mol. The largest absolute Gasteiger partial charge is 0.366 e. The number of aryl methyl sites for hydroxylation is 1. The summed E-state index contributed by atoms with van der Waals surface area (Å²) in [5.41, 5.74) is 4.72. The van der Waals surface area contributed by atoms with Crippen molar-refractivity contribution in [2.75, 3.05) is 23.7 Å². The molecular weight excluding hydrogens is 324 g/mol. The molecule has 25 heavy (non-hydrogen) atoms. The molecule has 6 N–H and O–H groups in total. The van der Waals surface area contributed by atoms with Crippen molar-refractivity contribution in [1.29, 1.82) is 0 Å². The second-order valence-corrected chi connectivity index (χ2v) is 5.28. The van der Waals surface area contributed by atoms with Crippen LogP contribution in [0.25, 0.3) is 11.2 Å². The van der Waals surface area contributed by atoms with Gasteiger partial charge in [-0.2, -0.15) is 9.97 Å². The number of hydroxylamine groups is 1. The van der Waals surface area contributed by atoms with Crippen molar-refractivity contribution in [1.82, 2.24) is 30.7 Å². The molecule has 0 fully saturated rings. The average Bonchev–Trinajstić information content (AvgIpc) is 3.09. The topological polar surface area (TPSA) is 140 Å². The Balaban J connectivity index is 1.74. The van der Waals surface area contributed by atoms with E-state index in [-0.39, 0.29) is 0 Å². The molecule has 0 unspecified atom stereocenters. The van der Waals surface area contributed by atoms with Gasteiger partial charge in [0.2, 0.25) is 5.95 Å². The van der Waals surface area contributed by atoms with Gasteiger partial charge in [-0.1, -0.05) is 17.7 Å². The normalized spacial score (nSPS) is 10.5. The predicted octanol–water partition coefficient (Wildman–Crippen LogP) is 1.51. The van der Waals surface area contributed by atoms with E-state index < -0.39 is 6.03 Å². The van der Waals surface area contributed by atoms with Crippen LogP contribution in [0, 0.1) is 6.92 Å². The second kappa shape index (κ2) is 7.45. The number of rotatable bonds is 6. The molecule has 0 aliphatic rings. The van der Waals surface area contributed by atoms with E-state index >= 15 is 0 Å². The summed E-state index contributed by atoms with van der Waals surface area (Å²) in [6, 6.07) is 7.20. The minimum atomic E-state index is -0.669. The number of fused-ring (bicyclic) bond motifs is 1. The van der Waals surface area contributed by atoms with Gasteiger partial charge in [-0.25, -0.2) is 15.3 Å². The predicted molar refractivity (Wildman–Crippen MR) is 93.0 cm³/mol. The molecular formula is C15H18N8O2. The number of aromatic nitrogens is 4. The molecule has 0 aliphatic heterocycles. The lowest BCUT2D eigenvalue weighted by atomic mass is 10.2. The molecule has 0 aliphatic carbocycles. The van der Waals surface area contributed by atoms with Crippen LogP contribution >= 0.6 is 0 Å². The summed E-state index contributed by atoms with van der Waals surface area (Å²) in [6.07, 6.45) is 1.54. The number of hydrogen-bond acceptors (Lipinski definition) is 7. The SMILES string of the molecule is Cc1ccc(Nc2nc(NCCNC(=O)NO)c3[nH]cnc3n2)cc1. The molecule has 3 rings (SSSR count). The smallest absolute Gasteiger partial charge is 0.338 e. The van der Waals surface area contributed by atoms with Crippen LogP contribution in [0.5, 0.6) is 0 Å². The molecule has 2 amide bonds. The van der Waals surface area contributed by atoms with Gasteiger partial charge in [0, 0.05) is 18.8 Å². The Bertz CT molecular complexity index is 862. The number of anilines is 3. The molecule has 0 atom stereocenters. The van der Waals surface area contributed by atoms with Crippen LogP contribution in [0.1, 0.15) is 5.56 Å². The third-order valence-corrected chi connectivity index (χ3v) is 3.40. The lowest BCUT2D eigenvalue weighted by Gasteiger charge is -2.10. The fraction of sp³-hybridized carbons (Fsp3) is 0.200. The molecule has 10 heteroatoms. The van der Waals surface area contributed by atoms with Gasteiger partial charge in [0.15, 0.2) is 11.5 Å². The molecule has 0 saturated carbocycles. The van der Waals surface area contributed by atoms with Crippen LogP contribution in [0.3, 0.4) is 0 Å². The number of aromatic amines is 1. The molecule has 130 valence electrons. The van der Waals surface area contributed by atoms with Crippen LogP contribution in [0.4, 0.5) is 22.2 Å². The van der Waals surface area contributed by atoms with E-state index in [2.05, 4.69) is 35.9 Å². The quantitative estimate of drug-likeness (QED) is 0.227. The highest BCUT2D eigenvalue weighted by molar-refractivity contribution is 5.84. The minimum absolute atomic E-state index is 0.298. The second-order valence-electron chi connectivity index (χ2n) is 5.28. The molecule has 2 aromatic heterocycles. The van der Waals surface area contributed by atoms with Gasteiger partial charge in [0.25, 0.3) is 0 Å². The Kier molecular flexibility index (Phi) is 4.90. The zero-order valence-corrected chi connectivity index (χ0v) is 13.5. The number of urea groups is 1. The molecule has 10 nitrogen and oxygen atoms in total. The Morgan fingerprint density at radius 2 is 2.00 bits per heavy atom. The van der Waals surface area contributed by atoms with Gasteiger partial charge < -0.3 is 20.9 Å². The van der Waals surface area contributed by atoms with Crippen molar-refractivity contribution in [2.45, 2.75) is 6.92 Å². The minimum Gasteiger partial charge on any atom is -0.366 e. The lowest BCUT2D eigenvalue weighted by Crippen LogP contribution is -2.36. The number of hydrogen-bond donors (Lipinski definition) is 6. The number of carbonyl (C=O) groups excluding carboxylic acids is 1. The summed E-state index contributed by atoms with van der Waals surface area (Å²) in [6.45, 7) is 2.72. The molecule has 1 aromatic carbocycles. The maximum Gasteiger partial charge on any atom is 0.338 e. The molecule has 2 heterocycles. The van der Waals surface area contributed by atoms with E-state index in [0.717, 1.165) is 11.3 Å². The summed E-state index contributed by atoms with van der Waals surface area (Å²) in [4.78, 5) is 26.9. The standard InChI is InChI=1S/C15H18N8O2/c1-9-2-4-10(5-3-9)20-14-21-12(11-13(22-14)19-8-18-11)16-6-7-17-15(24)23-25/h2-5,8,25H,6-7H2,1H3,(H2,17,23,24)(H3,16,18,19,20,21,22). The maximum atomic E-state index is 10.9. The van der Waals surface area contributed by atoms with Gasteiger partial charge in [0.1, 0.15) is 5.52 Å². The maximum absolute atomic E-state index is 10.9. The first-order chi connectivity index (χ1) is 12.2. The van der Waals surface area contributed by atoms with Crippen LogP contribution < -0.4 is 21.4 Å². The van der Waals surface area contributed by atoms with Gasteiger partial charge in [-0.15, -0.1) is 0 Å². The number of nitrogens with zero attached hydrogens (tertiary/aromatic N) is 3. The summed E-state index contributed by atoms with van der Waals surface area (Å²) in [5.74, 6) is 0.968. The molecule has 3 aromatic rings. The van der Waals surface area contributed by atoms with E-state index in [1.807, 2.05) is 31.2 Å². The molecule has 0 bridgehead atoms. The number of imidazole rings is 1. The third-order valence-electron chi connectivity index (χ3n) is 3.40. The van der Waals surface area contributed by atoms with Gasteiger partial charge >= 0.3 is 6.03 Å².